The van der Waals surface area contributed by atoms with Gasteiger partial charge in [0.2, 0.25) is 5.91 Å². The molecule has 1 atom stereocenters. The molecule has 1 fully saturated rings. The van der Waals surface area contributed by atoms with Gasteiger partial charge in [0.25, 0.3) is 0 Å². The molecule has 1 N–H and O–H groups in total. The first kappa shape index (κ1) is 15.6. The monoisotopic (exact) mass is 315 g/mol. The summed E-state index contributed by atoms with van der Waals surface area (Å²) < 4.78 is 5.47. The molecular formula is C16H21N5O2. The van der Waals surface area contributed by atoms with Crippen molar-refractivity contribution in [1.82, 2.24) is 25.5 Å². The highest BCUT2D eigenvalue weighted by Gasteiger charge is 2.16. The third kappa shape index (κ3) is 4.35. The van der Waals surface area contributed by atoms with Crippen LogP contribution in [0.15, 0.2) is 24.3 Å². The molecule has 23 heavy (non-hydrogen) atoms. The van der Waals surface area contributed by atoms with Gasteiger partial charge in [-0.25, -0.2) is 0 Å². The number of amides is 1. The molecule has 7 heteroatoms. The molecule has 1 aromatic carbocycles. The van der Waals surface area contributed by atoms with Crippen LogP contribution in [0.25, 0.3) is 0 Å². The zero-order valence-electron chi connectivity index (χ0n) is 13.2. The Morgan fingerprint density at radius 1 is 1.43 bits per heavy atom. The van der Waals surface area contributed by atoms with Crippen LogP contribution < -0.4 is 5.32 Å². The lowest BCUT2D eigenvalue weighted by molar-refractivity contribution is -0.122. The molecule has 1 amide bonds. The van der Waals surface area contributed by atoms with Crippen molar-refractivity contribution in [3.63, 3.8) is 0 Å². The number of carbonyl (C=O) groups excluding carboxylic acids is 1. The van der Waals surface area contributed by atoms with E-state index in [1.165, 1.54) is 10.4 Å². The van der Waals surface area contributed by atoms with Crippen LogP contribution in [0.4, 0.5) is 0 Å². The van der Waals surface area contributed by atoms with Crippen molar-refractivity contribution in [2.75, 3.05) is 13.2 Å². The summed E-state index contributed by atoms with van der Waals surface area (Å²) in [7, 11) is 0. The van der Waals surface area contributed by atoms with Gasteiger partial charge >= 0.3 is 0 Å². The molecule has 1 saturated heterocycles. The summed E-state index contributed by atoms with van der Waals surface area (Å²) >= 11 is 0. The van der Waals surface area contributed by atoms with E-state index in [-0.39, 0.29) is 18.6 Å². The molecule has 0 saturated carbocycles. The molecule has 122 valence electrons. The van der Waals surface area contributed by atoms with Crippen molar-refractivity contribution in [2.45, 2.75) is 38.8 Å². The Kier molecular flexibility index (Phi) is 4.97. The van der Waals surface area contributed by atoms with Crippen LogP contribution in [-0.2, 0) is 22.5 Å². The summed E-state index contributed by atoms with van der Waals surface area (Å²) in [6.45, 7) is 3.46. The van der Waals surface area contributed by atoms with E-state index >= 15 is 0 Å². The van der Waals surface area contributed by atoms with E-state index < -0.39 is 0 Å². The largest absolute Gasteiger partial charge is 0.376 e. The fourth-order valence-electron chi connectivity index (χ4n) is 2.61. The highest BCUT2D eigenvalue weighted by atomic mass is 16.5. The minimum atomic E-state index is -0.125. The summed E-state index contributed by atoms with van der Waals surface area (Å²) in [5, 5.41) is 15.1. The van der Waals surface area contributed by atoms with Gasteiger partial charge in [-0.3, -0.25) is 4.79 Å². The second-order valence-corrected chi connectivity index (χ2v) is 5.78. The van der Waals surface area contributed by atoms with Crippen molar-refractivity contribution in [2.24, 2.45) is 0 Å². The van der Waals surface area contributed by atoms with Crippen molar-refractivity contribution in [3.05, 3.63) is 41.2 Å². The normalized spacial score (nSPS) is 17.3. The minimum Gasteiger partial charge on any atom is -0.376 e. The first-order valence-corrected chi connectivity index (χ1v) is 7.90. The number of benzene rings is 1. The molecule has 0 spiro atoms. The molecule has 0 aliphatic carbocycles. The number of carbonyl (C=O) groups is 1. The van der Waals surface area contributed by atoms with E-state index in [1.807, 2.05) is 18.2 Å². The molecule has 1 aromatic heterocycles. The van der Waals surface area contributed by atoms with Crippen LogP contribution in [0.3, 0.4) is 0 Å². The number of nitrogens with one attached hydrogen (secondary N) is 1. The number of hydrogen-bond donors (Lipinski definition) is 1. The molecule has 0 unspecified atom stereocenters. The average Bonchev–Trinajstić information content (AvgIpc) is 3.19. The van der Waals surface area contributed by atoms with Crippen molar-refractivity contribution < 1.29 is 9.53 Å². The Labute approximate surface area is 135 Å². The second kappa shape index (κ2) is 7.32. The molecule has 1 aliphatic heterocycles. The Bertz CT molecular complexity index is 664. The van der Waals surface area contributed by atoms with Crippen molar-refractivity contribution in [1.29, 1.82) is 0 Å². The number of rotatable bonds is 6. The lowest BCUT2D eigenvalue weighted by atomic mass is 10.1. The van der Waals surface area contributed by atoms with E-state index in [2.05, 4.69) is 33.7 Å². The van der Waals surface area contributed by atoms with Crippen molar-refractivity contribution in [3.8, 4) is 0 Å². The van der Waals surface area contributed by atoms with E-state index in [0.717, 1.165) is 25.0 Å². The van der Waals surface area contributed by atoms with Gasteiger partial charge in [0.05, 0.1) is 6.10 Å². The quantitative estimate of drug-likeness (QED) is 0.855. The maximum absolute atomic E-state index is 11.9. The van der Waals surface area contributed by atoms with E-state index in [0.29, 0.717) is 18.8 Å². The van der Waals surface area contributed by atoms with Crippen molar-refractivity contribution >= 4 is 5.91 Å². The molecule has 3 rings (SSSR count). The first-order valence-electron chi connectivity index (χ1n) is 7.90. The SMILES string of the molecule is Cc1ccccc1Cc1nnn(CC(=O)NC[C@@H]2CCCO2)n1. The number of aromatic nitrogens is 4. The minimum absolute atomic E-state index is 0.0769. The second-order valence-electron chi connectivity index (χ2n) is 5.78. The third-order valence-electron chi connectivity index (χ3n) is 3.94. The standard InChI is InChI=1S/C16H21N5O2/c1-12-5-2-3-6-13(12)9-15-18-20-21(19-15)11-16(22)17-10-14-7-4-8-23-14/h2-3,5-6,14H,4,7-11H2,1H3,(H,17,22)/t14-/m0/s1. The van der Waals surface area contributed by atoms with Gasteiger partial charge in [0.15, 0.2) is 5.82 Å². The topological polar surface area (TPSA) is 81.9 Å². The van der Waals surface area contributed by atoms with Gasteiger partial charge in [-0.05, 0) is 36.1 Å². The van der Waals surface area contributed by atoms with Gasteiger partial charge in [-0.15, -0.1) is 10.2 Å². The predicted octanol–water partition coefficient (Wildman–Crippen LogP) is 0.868. The van der Waals surface area contributed by atoms with Gasteiger partial charge in [-0.2, -0.15) is 4.80 Å². The predicted molar refractivity (Wildman–Crippen MR) is 83.8 cm³/mol. The molecule has 0 bridgehead atoms. The summed E-state index contributed by atoms with van der Waals surface area (Å²) in [4.78, 5) is 13.2. The Balaban J connectivity index is 1.50. The lowest BCUT2D eigenvalue weighted by Gasteiger charge is -2.10. The molecule has 7 nitrogen and oxygen atoms in total. The van der Waals surface area contributed by atoms with E-state index in [9.17, 15) is 4.79 Å². The highest BCUT2D eigenvalue weighted by molar-refractivity contribution is 5.75. The van der Waals surface area contributed by atoms with E-state index in [4.69, 9.17) is 4.74 Å². The summed E-state index contributed by atoms with van der Waals surface area (Å²) in [6, 6.07) is 8.09. The zero-order valence-corrected chi connectivity index (χ0v) is 13.2. The fraction of sp³-hybridized carbons (Fsp3) is 0.500. The molecule has 2 aromatic rings. The average molecular weight is 315 g/mol. The van der Waals surface area contributed by atoms with Crippen LogP contribution in [0.2, 0.25) is 0 Å². The number of hydrogen-bond acceptors (Lipinski definition) is 5. The molecular weight excluding hydrogens is 294 g/mol. The van der Waals surface area contributed by atoms with Crippen LogP contribution in [0.1, 0.15) is 29.8 Å². The van der Waals surface area contributed by atoms with Gasteiger partial charge < -0.3 is 10.1 Å². The first-order chi connectivity index (χ1) is 11.2. The highest BCUT2D eigenvalue weighted by Crippen LogP contribution is 2.11. The molecule has 2 heterocycles. The number of aryl methyl sites for hydroxylation is 1. The summed E-state index contributed by atoms with van der Waals surface area (Å²) in [5.41, 5.74) is 2.35. The van der Waals surface area contributed by atoms with Gasteiger partial charge in [0, 0.05) is 19.6 Å². The number of nitrogens with zero attached hydrogens (tertiary/aromatic N) is 4. The maximum Gasteiger partial charge on any atom is 0.243 e. The third-order valence-corrected chi connectivity index (χ3v) is 3.94. The van der Waals surface area contributed by atoms with Crippen LogP contribution in [0, 0.1) is 6.92 Å². The van der Waals surface area contributed by atoms with Crippen LogP contribution >= 0.6 is 0 Å². The Morgan fingerprint density at radius 3 is 3.09 bits per heavy atom. The lowest BCUT2D eigenvalue weighted by Crippen LogP contribution is -2.34. The smallest absolute Gasteiger partial charge is 0.243 e. The molecule has 1 aliphatic rings. The number of ether oxygens (including phenoxy) is 1. The summed E-state index contributed by atoms with van der Waals surface area (Å²) in [6.07, 6.45) is 2.82. The Morgan fingerprint density at radius 2 is 2.30 bits per heavy atom. The zero-order chi connectivity index (χ0) is 16.1. The fourth-order valence-corrected chi connectivity index (χ4v) is 2.61. The van der Waals surface area contributed by atoms with Crippen LogP contribution in [-0.4, -0.2) is 45.4 Å². The van der Waals surface area contributed by atoms with E-state index in [1.54, 1.807) is 0 Å². The maximum atomic E-state index is 11.9. The molecule has 0 radical (unpaired) electrons. The Hall–Kier alpha value is -2.28. The van der Waals surface area contributed by atoms with Crippen LogP contribution in [0.5, 0.6) is 0 Å². The van der Waals surface area contributed by atoms with Gasteiger partial charge in [-0.1, -0.05) is 24.3 Å². The number of tetrazole rings is 1. The van der Waals surface area contributed by atoms with Gasteiger partial charge in [0.1, 0.15) is 6.54 Å². The summed E-state index contributed by atoms with van der Waals surface area (Å²) in [5.74, 6) is 0.492.